The van der Waals surface area contributed by atoms with Crippen LogP contribution in [0.5, 0.6) is 0 Å². The van der Waals surface area contributed by atoms with E-state index in [0.29, 0.717) is 12.5 Å². The zero-order chi connectivity index (χ0) is 16.5. The maximum absolute atomic E-state index is 11.8. The lowest BCUT2D eigenvalue weighted by atomic mass is 9.91. The summed E-state index contributed by atoms with van der Waals surface area (Å²) in [5, 5.41) is 6.99. The van der Waals surface area contributed by atoms with Crippen LogP contribution < -0.4 is 10.6 Å². The Hall–Kier alpha value is -1.26. The minimum atomic E-state index is 0.256. The minimum Gasteiger partial charge on any atom is -0.356 e. The molecule has 2 N–H and O–H groups in total. The summed E-state index contributed by atoms with van der Waals surface area (Å²) in [4.78, 5) is 18.1. The van der Waals surface area contributed by atoms with Crippen LogP contribution >= 0.6 is 0 Å². The fourth-order valence-corrected chi connectivity index (χ4v) is 3.70. The fraction of sp³-hybridized carbons (Fsp3) is 0.889. The van der Waals surface area contributed by atoms with Crippen molar-refractivity contribution in [2.75, 3.05) is 26.7 Å². The van der Waals surface area contributed by atoms with Crippen LogP contribution in [0.15, 0.2) is 4.99 Å². The van der Waals surface area contributed by atoms with Gasteiger partial charge in [-0.3, -0.25) is 9.79 Å². The predicted octanol–water partition coefficient (Wildman–Crippen LogP) is 2.52. The van der Waals surface area contributed by atoms with Crippen LogP contribution in [0.2, 0.25) is 0 Å². The van der Waals surface area contributed by atoms with Gasteiger partial charge in [-0.25, -0.2) is 0 Å². The number of hydrogen-bond acceptors (Lipinski definition) is 2. The molecule has 5 heteroatoms. The second-order valence-corrected chi connectivity index (χ2v) is 6.99. The Morgan fingerprint density at radius 3 is 2.48 bits per heavy atom. The number of nitrogens with zero attached hydrogens (tertiary/aromatic N) is 2. The summed E-state index contributed by atoms with van der Waals surface area (Å²) in [7, 11) is 1.83. The highest BCUT2D eigenvalue weighted by Crippen LogP contribution is 2.21. The lowest BCUT2D eigenvalue weighted by Crippen LogP contribution is -2.46. The highest BCUT2D eigenvalue weighted by atomic mass is 16.2. The molecule has 0 aromatic carbocycles. The molecule has 1 aliphatic carbocycles. The molecule has 5 nitrogen and oxygen atoms in total. The number of carbonyl (C=O) groups excluding carboxylic acids is 1. The quantitative estimate of drug-likeness (QED) is 0.618. The van der Waals surface area contributed by atoms with Crippen LogP contribution in [-0.4, -0.2) is 49.5 Å². The summed E-state index contributed by atoms with van der Waals surface area (Å²) in [6.07, 6.45) is 11.2. The van der Waals surface area contributed by atoms with Gasteiger partial charge < -0.3 is 15.5 Å². The third-order valence-corrected chi connectivity index (χ3v) is 5.19. The molecule has 0 bridgehead atoms. The van der Waals surface area contributed by atoms with Crippen LogP contribution in [0.4, 0.5) is 0 Å². The average molecular weight is 322 g/mol. The summed E-state index contributed by atoms with van der Waals surface area (Å²) in [6, 6.07) is 0.328. The number of guanidine groups is 1. The number of nitrogens with one attached hydrogen (secondary N) is 2. The number of likely N-dealkylation sites (tertiary alicyclic amines) is 1. The monoisotopic (exact) mass is 322 g/mol. The lowest BCUT2D eigenvalue weighted by Gasteiger charge is -2.23. The van der Waals surface area contributed by atoms with Gasteiger partial charge in [0.2, 0.25) is 5.91 Å². The van der Waals surface area contributed by atoms with Crippen molar-refractivity contribution in [2.45, 2.75) is 70.8 Å². The molecule has 0 spiro atoms. The molecule has 1 amide bonds. The molecule has 1 unspecified atom stereocenters. The Labute approximate surface area is 141 Å². The topological polar surface area (TPSA) is 56.7 Å². The first-order chi connectivity index (χ1) is 11.2. The number of hydrogen-bond donors (Lipinski definition) is 2. The Morgan fingerprint density at radius 2 is 1.83 bits per heavy atom. The lowest BCUT2D eigenvalue weighted by molar-refractivity contribution is -0.129. The van der Waals surface area contributed by atoms with Crippen molar-refractivity contribution >= 4 is 11.9 Å². The Balaban J connectivity index is 1.72. The van der Waals surface area contributed by atoms with Gasteiger partial charge in [-0.05, 0) is 25.2 Å². The van der Waals surface area contributed by atoms with E-state index in [2.05, 4.69) is 15.6 Å². The maximum Gasteiger partial charge on any atom is 0.222 e. The molecule has 1 aliphatic heterocycles. The molecule has 1 saturated heterocycles. The average Bonchev–Trinajstić information content (AvgIpc) is 3.00. The van der Waals surface area contributed by atoms with Crippen molar-refractivity contribution in [2.24, 2.45) is 10.9 Å². The van der Waals surface area contributed by atoms with Crippen LogP contribution in [0.3, 0.4) is 0 Å². The Morgan fingerprint density at radius 1 is 1.13 bits per heavy atom. The summed E-state index contributed by atoms with van der Waals surface area (Å²) >= 11 is 0. The molecule has 1 atom stereocenters. The van der Waals surface area contributed by atoms with Crippen molar-refractivity contribution in [1.82, 2.24) is 15.5 Å². The molecule has 0 aromatic heterocycles. The Kier molecular flexibility index (Phi) is 7.69. The highest BCUT2D eigenvalue weighted by Gasteiger charge is 2.25. The summed E-state index contributed by atoms with van der Waals surface area (Å²) in [6.45, 7) is 4.61. The predicted molar refractivity (Wildman–Crippen MR) is 95.6 cm³/mol. The first kappa shape index (κ1) is 18.1. The van der Waals surface area contributed by atoms with E-state index in [1.807, 2.05) is 18.9 Å². The van der Waals surface area contributed by atoms with Crippen LogP contribution in [0.25, 0.3) is 0 Å². The Bertz CT molecular complexity index is 388. The molecule has 2 rings (SSSR count). The molecule has 0 radical (unpaired) electrons. The number of aliphatic imine (C=N–C) groups is 1. The first-order valence-corrected chi connectivity index (χ1v) is 9.48. The van der Waals surface area contributed by atoms with Crippen LogP contribution in [0, 0.1) is 5.92 Å². The minimum absolute atomic E-state index is 0.256. The third-order valence-electron chi connectivity index (χ3n) is 5.19. The molecule has 2 fully saturated rings. The fourth-order valence-electron chi connectivity index (χ4n) is 3.70. The number of amides is 1. The van der Waals surface area contributed by atoms with Crippen LogP contribution in [0.1, 0.15) is 64.7 Å². The van der Waals surface area contributed by atoms with Crippen molar-refractivity contribution < 1.29 is 4.79 Å². The van der Waals surface area contributed by atoms with E-state index in [9.17, 15) is 4.79 Å². The second-order valence-electron chi connectivity index (χ2n) is 6.99. The third kappa shape index (κ3) is 6.04. The van der Waals surface area contributed by atoms with Crippen molar-refractivity contribution in [1.29, 1.82) is 0 Å². The number of carbonyl (C=O) groups is 1. The molecule has 2 aliphatic rings. The van der Waals surface area contributed by atoms with E-state index in [1.165, 1.54) is 44.9 Å². The van der Waals surface area contributed by atoms with E-state index in [4.69, 9.17) is 0 Å². The van der Waals surface area contributed by atoms with Gasteiger partial charge in [-0.1, -0.05) is 39.0 Å². The van der Waals surface area contributed by atoms with E-state index in [1.54, 1.807) is 0 Å². The molecular formula is C18H34N4O. The molecule has 1 saturated carbocycles. The van der Waals surface area contributed by atoms with Gasteiger partial charge in [0, 0.05) is 39.1 Å². The van der Waals surface area contributed by atoms with Gasteiger partial charge in [-0.15, -0.1) is 0 Å². The van der Waals surface area contributed by atoms with Gasteiger partial charge in [0.15, 0.2) is 5.96 Å². The van der Waals surface area contributed by atoms with Gasteiger partial charge in [-0.2, -0.15) is 0 Å². The normalized spacial score (nSPS) is 24.2. The summed E-state index contributed by atoms with van der Waals surface area (Å²) < 4.78 is 0. The summed E-state index contributed by atoms with van der Waals surface area (Å²) in [5.41, 5.74) is 0. The van der Waals surface area contributed by atoms with Crippen molar-refractivity contribution in [3.05, 3.63) is 0 Å². The molecule has 1 heterocycles. The van der Waals surface area contributed by atoms with E-state index in [-0.39, 0.29) is 5.91 Å². The van der Waals surface area contributed by atoms with Crippen molar-refractivity contribution in [3.63, 3.8) is 0 Å². The van der Waals surface area contributed by atoms with E-state index in [0.717, 1.165) is 37.9 Å². The van der Waals surface area contributed by atoms with E-state index < -0.39 is 0 Å². The van der Waals surface area contributed by atoms with Gasteiger partial charge in [0.1, 0.15) is 0 Å². The zero-order valence-corrected chi connectivity index (χ0v) is 14.9. The highest BCUT2D eigenvalue weighted by molar-refractivity contribution is 5.80. The zero-order valence-electron chi connectivity index (χ0n) is 14.9. The first-order valence-electron chi connectivity index (χ1n) is 9.48. The molecule has 0 aromatic rings. The molecule has 23 heavy (non-hydrogen) atoms. The standard InChI is InChI=1S/C18H34N4O/c1-3-17(23)22-12-11-16(14-22)21-18(19-2)20-13-15-9-7-5-4-6-8-10-15/h15-16H,3-14H2,1-2H3,(H2,19,20,21). The molecular weight excluding hydrogens is 288 g/mol. The number of rotatable bonds is 4. The molecule has 132 valence electrons. The van der Waals surface area contributed by atoms with Gasteiger partial charge in [0.25, 0.3) is 0 Å². The van der Waals surface area contributed by atoms with E-state index >= 15 is 0 Å². The largest absolute Gasteiger partial charge is 0.356 e. The van der Waals surface area contributed by atoms with Gasteiger partial charge >= 0.3 is 0 Å². The van der Waals surface area contributed by atoms with Crippen LogP contribution in [-0.2, 0) is 4.79 Å². The SMILES string of the molecule is CCC(=O)N1CCC(NC(=NC)NCC2CCCCCCC2)C1. The summed E-state index contributed by atoms with van der Waals surface area (Å²) in [5.74, 6) is 1.92. The van der Waals surface area contributed by atoms with Gasteiger partial charge in [0.05, 0.1) is 0 Å². The second kappa shape index (κ2) is 9.78. The smallest absolute Gasteiger partial charge is 0.222 e. The van der Waals surface area contributed by atoms with Crippen molar-refractivity contribution in [3.8, 4) is 0 Å². The maximum atomic E-state index is 11.8.